The van der Waals surface area contributed by atoms with Crippen LogP contribution in [0, 0.1) is 12.7 Å². The quantitative estimate of drug-likeness (QED) is 0.899. The average molecular weight is 264 g/mol. The van der Waals surface area contributed by atoms with Gasteiger partial charge < -0.3 is 5.32 Å². The molecule has 0 radical (unpaired) electrons. The Morgan fingerprint density at radius 2 is 2.11 bits per heavy atom. The highest BCUT2D eigenvalue weighted by molar-refractivity contribution is 5.26. The maximum absolute atomic E-state index is 13.2. The van der Waals surface area contributed by atoms with Gasteiger partial charge in [-0.3, -0.25) is 4.90 Å². The Kier molecular flexibility index (Phi) is 4.94. The maximum atomic E-state index is 13.2. The van der Waals surface area contributed by atoms with E-state index in [1.165, 1.54) is 5.56 Å². The smallest absolute Gasteiger partial charge is 0.123 e. The highest BCUT2D eigenvalue weighted by Crippen LogP contribution is 2.18. The molecule has 106 valence electrons. The molecule has 0 spiro atoms. The van der Waals surface area contributed by atoms with Crippen molar-refractivity contribution < 1.29 is 4.39 Å². The number of piperazine rings is 1. The number of hydrogen-bond acceptors (Lipinski definition) is 2. The Balaban J connectivity index is 2.09. The summed E-state index contributed by atoms with van der Waals surface area (Å²) in [6.45, 7) is 9.55. The van der Waals surface area contributed by atoms with E-state index < -0.39 is 0 Å². The first-order chi connectivity index (χ1) is 9.13. The number of rotatable bonds is 4. The lowest BCUT2D eigenvalue weighted by Gasteiger charge is -2.40. The molecule has 19 heavy (non-hydrogen) atoms. The van der Waals surface area contributed by atoms with Crippen LogP contribution in [-0.2, 0) is 6.54 Å². The van der Waals surface area contributed by atoms with Gasteiger partial charge >= 0.3 is 0 Å². The molecule has 0 saturated carbocycles. The van der Waals surface area contributed by atoms with Crippen LogP contribution in [-0.4, -0.2) is 30.1 Å². The van der Waals surface area contributed by atoms with Crippen LogP contribution in [0.1, 0.15) is 37.8 Å². The summed E-state index contributed by atoms with van der Waals surface area (Å²) in [5, 5.41) is 3.61. The van der Waals surface area contributed by atoms with Gasteiger partial charge in [-0.25, -0.2) is 4.39 Å². The Hall–Kier alpha value is -0.930. The van der Waals surface area contributed by atoms with E-state index in [1.54, 1.807) is 12.1 Å². The molecule has 2 unspecified atom stereocenters. The van der Waals surface area contributed by atoms with E-state index in [9.17, 15) is 4.39 Å². The molecule has 3 heteroatoms. The molecule has 2 nitrogen and oxygen atoms in total. The SMILES string of the molecule is CCC1CN(Cc2ccc(F)cc2C)C(CC)CN1. The van der Waals surface area contributed by atoms with Gasteiger partial charge in [0.1, 0.15) is 5.82 Å². The van der Waals surface area contributed by atoms with E-state index in [0.717, 1.165) is 38.0 Å². The predicted octanol–water partition coefficient (Wildman–Crippen LogP) is 3.10. The lowest BCUT2D eigenvalue weighted by atomic mass is 10.0. The van der Waals surface area contributed by atoms with E-state index in [4.69, 9.17) is 0 Å². The molecule has 2 rings (SSSR count). The molecule has 0 bridgehead atoms. The third-order valence-corrected chi connectivity index (χ3v) is 4.26. The van der Waals surface area contributed by atoms with Gasteiger partial charge in [0.15, 0.2) is 0 Å². The first-order valence-corrected chi connectivity index (χ1v) is 7.36. The number of halogens is 1. The van der Waals surface area contributed by atoms with E-state index in [2.05, 4.69) is 24.1 Å². The molecule has 1 saturated heterocycles. The number of nitrogens with one attached hydrogen (secondary N) is 1. The van der Waals surface area contributed by atoms with Crippen LogP contribution in [0.5, 0.6) is 0 Å². The van der Waals surface area contributed by atoms with Crippen LogP contribution in [0.25, 0.3) is 0 Å². The molecule has 0 aliphatic carbocycles. The molecule has 1 aromatic rings. The fraction of sp³-hybridized carbons (Fsp3) is 0.625. The van der Waals surface area contributed by atoms with Crippen molar-refractivity contribution in [2.75, 3.05) is 13.1 Å². The van der Waals surface area contributed by atoms with Crippen LogP contribution in [0.2, 0.25) is 0 Å². The topological polar surface area (TPSA) is 15.3 Å². The van der Waals surface area contributed by atoms with Crippen molar-refractivity contribution in [2.45, 2.75) is 52.2 Å². The van der Waals surface area contributed by atoms with E-state index >= 15 is 0 Å². The molecule has 0 aromatic heterocycles. The van der Waals surface area contributed by atoms with E-state index in [1.807, 2.05) is 13.0 Å². The zero-order valence-electron chi connectivity index (χ0n) is 12.2. The third kappa shape index (κ3) is 3.54. The minimum Gasteiger partial charge on any atom is -0.311 e. The summed E-state index contributed by atoms with van der Waals surface area (Å²) in [7, 11) is 0. The lowest BCUT2D eigenvalue weighted by Crippen LogP contribution is -2.55. The molecule has 1 aliphatic rings. The van der Waals surface area contributed by atoms with Crippen LogP contribution >= 0.6 is 0 Å². The number of aryl methyl sites for hydroxylation is 1. The van der Waals surface area contributed by atoms with Crippen molar-refractivity contribution in [1.29, 1.82) is 0 Å². The molecule has 2 atom stereocenters. The van der Waals surface area contributed by atoms with Crippen LogP contribution in [0.3, 0.4) is 0 Å². The molecule has 0 amide bonds. The summed E-state index contributed by atoms with van der Waals surface area (Å²) in [5.41, 5.74) is 2.30. The van der Waals surface area contributed by atoms with E-state index in [0.29, 0.717) is 12.1 Å². The standard InChI is InChI=1S/C16H25FN2/c1-4-15-11-19(16(5-2)9-18-15)10-13-6-7-14(17)8-12(13)3/h6-8,15-16,18H,4-5,9-11H2,1-3H3. The summed E-state index contributed by atoms with van der Waals surface area (Å²) >= 11 is 0. The van der Waals surface area contributed by atoms with Gasteiger partial charge in [0, 0.05) is 31.7 Å². The van der Waals surface area contributed by atoms with Gasteiger partial charge in [0.2, 0.25) is 0 Å². The lowest BCUT2D eigenvalue weighted by molar-refractivity contribution is 0.117. The van der Waals surface area contributed by atoms with Crippen molar-refractivity contribution in [3.05, 3.63) is 35.1 Å². The summed E-state index contributed by atoms with van der Waals surface area (Å²) in [6.07, 6.45) is 2.32. The molecular weight excluding hydrogens is 239 g/mol. The first-order valence-electron chi connectivity index (χ1n) is 7.36. The van der Waals surface area contributed by atoms with Crippen molar-refractivity contribution in [3.63, 3.8) is 0 Å². The number of hydrogen-bond donors (Lipinski definition) is 1. The van der Waals surface area contributed by atoms with Crippen molar-refractivity contribution in [2.24, 2.45) is 0 Å². The highest BCUT2D eigenvalue weighted by atomic mass is 19.1. The second kappa shape index (κ2) is 6.49. The Morgan fingerprint density at radius 3 is 2.74 bits per heavy atom. The zero-order chi connectivity index (χ0) is 13.8. The van der Waals surface area contributed by atoms with Crippen LogP contribution in [0.4, 0.5) is 4.39 Å². The van der Waals surface area contributed by atoms with Gasteiger partial charge in [-0.1, -0.05) is 19.9 Å². The minimum absolute atomic E-state index is 0.139. The van der Waals surface area contributed by atoms with Crippen LogP contribution < -0.4 is 5.32 Å². The van der Waals surface area contributed by atoms with Crippen molar-refractivity contribution in [1.82, 2.24) is 10.2 Å². The Bertz CT molecular complexity index is 419. The fourth-order valence-electron chi connectivity index (χ4n) is 2.85. The first kappa shape index (κ1) is 14.5. The average Bonchev–Trinajstić information content (AvgIpc) is 2.41. The van der Waals surface area contributed by atoms with Crippen molar-refractivity contribution in [3.8, 4) is 0 Å². The van der Waals surface area contributed by atoms with Gasteiger partial charge in [0.05, 0.1) is 0 Å². The van der Waals surface area contributed by atoms with Gasteiger partial charge in [-0.2, -0.15) is 0 Å². The Labute approximate surface area is 116 Å². The third-order valence-electron chi connectivity index (χ3n) is 4.26. The zero-order valence-corrected chi connectivity index (χ0v) is 12.2. The molecule has 1 aromatic carbocycles. The van der Waals surface area contributed by atoms with E-state index in [-0.39, 0.29) is 5.82 Å². The van der Waals surface area contributed by atoms with Gasteiger partial charge in [-0.05, 0) is 43.0 Å². The summed E-state index contributed by atoms with van der Waals surface area (Å²) in [4.78, 5) is 2.55. The monoisotopic (exact) mass is 264 g/mol. The van der Waals surface area contributed by atoms with Crippen LogP contribution in [0.15, 0.2) is 18.2 Å². The Morgan fingerprint density at radius 1 is 1.32 bits per heavy atom. The summed E-state index contributed by atoms with van der Waals surface area (Å²) in [6, 6.07) is 6.31. The molecular formula is C16H25FN2. The second-order valence-corrected chi connectivity index (χ2v) is 5.58. The van der Waals surface area contributed by atoms with Gasteiger partial charge in [0.25, 0.3) is 0 Å². The molecule has 1 aliphatic heterocycles. The highest BCUT2D eigenvalue weighted by Gasteiger charge is 2.25. The number of benzene rings is 1. The second-order valence-electron chi connectivity index (χ2n) is 5.58. The molecule has 1 fully saturated rings. The summed E-state index contributed by atoms with van der Waals surface area (Å²) < 4.78 is 13.2. The normalized spacial score (nSPS) is 24.6. The van der Waals surface area contributed by atoms with Crippen molar-refractivity contribution >= 4 is 0 Å². The maximum Gasteiger partial charge on any atom is 0.123 e. The molecule has 1 N–H and O–H groups in total. The minimum atomic E-state index is -0.139. The van der Waals surface area contributed by atoms with Gasteiger partial charge in [-0.15, -0.1) is 0 Å². The summed E-state index contributed by atoms with van der Waals surface area (Å²) in [5.74, 6) is -0.139. The number of nitrogens with zero attached hydrogens (tertiary/aromatic N) is 1. The largest absolute Gasteiger partial charge is 0.311 e. The predicted molar refractivity (Wildman–Crippen MR) is 77.7 cm³/mol. The fourth-order valence-corrected chi connectivity index (χ4v) is 2.85. The molecule has 1 heterocycles.